The molecule has 2 rings (SSSR count). The fraction of sp³-hybridized carbons (Fsp3) is 0.308. The number of benzene rings is 1. The van der Waals surface area contributed by atoms with E-state index in [-0.39, 0.29) is 11.3 Å². The maximum Gasteiger partial charge on any atom is 0.322 e. The summed E-state index contributed by atoms with van der Waals surface area (Å²) in [4.78, 5) is 12.1. The van der Waals surface area contributed by atoms with Crippen LogP contribution in [0.1, 0.15) is 18.9 Å². The molecule has 0 unspecified atom stereocenters. The highest BCUT2D eigenvalue weighted by Crippen LogP contribution is 2.14. The summed E-state index contributed by atoms with van der Waals surface area (Å²) in [6.45, 7) is 3.16. The van der Waals surface area contributed by atoms with Crippen molar-refractivity contribution in [3.63, 3.8) is 0 Å². The van der Waals surface area contributed by atoms with E-state index in [1.54, 1.807) is 0 Å². The van der Waals surface area contributed by atoms with Crippen molar-refractivity contribution in [1.29, 1.82) is 0 Å². The van der Waals surface area contributed by atoms with E-state index in [0.717, 1.165) is 16.5 Å². The SMILES string of the molecule is CCCOc1nc(Cl)nc(NCc2ccc(Br)cc2)n1. The Bertz CT molecular complexity index is 565. The van der Waals surface area contributed by atoms with Gasteiger partial charge in [-0.05, 0) is 35.7 Å². The number of nitrogens with one attached hydrogen (secondary N) is 1. The normalized spacial score (nSPS) is 10.3. The standard InChI is InChI=1S/C13H14BrClN4O/c1-2-7-20-13-18-11(15)17-12(19-13)16-8-9-3-5-10(14)6-4-9/h3-6H,2,7-8H2,1H3,(H,16,17,18,19). The van der Waals surface area contributed by atoms with Crippen molar-refractivity contribution in [1.82, 2.24) is 15.0 Å². The zero-order valence-electron chi connectivity index (χ0n) is 10.9. The van der Waals surface area contributed by atoms with Gasteiger partial charge in [-0.15, -0.1) is 0 Å². The van der Waals surface area contributed by atoms with Gasteiger partial charge in [0.2, 0.25) is 11.2 Å². The van der Waals surface area contributed by atoms with E-state index in [4.69, 9.17) is 16.3 Å². The molecule has 0 fully saturated rings. The lowest BCUT2D eigenvalue weighted by molar-refractivity contribution is 0.291. The third kappa shape index (κ3) is 4.61. The van der Waals surface area contributed by atoms with Crippen molar-refractivity contribution in [3.8, 4) is 6.01 Å². The van der Waals surface area contributed by atoms with Gasteiger partial charge in [-0.1, -0.05) is 35.0 Å². The molecule has 0 saturated carbocycles. The molecule has 0 spiro atoms. The first-order chi connectivity index (χ1) is 9.67. The average molecular weight is 358 g/mol. The van der Waals surface area contributed by atoms with Crippen LogP contribution >= 0.6 is 27.5 Å². The molecule has 1 aromatic carbocycles. The predicted molar refractivity (Wildman–Crippen MR) is 82.1 cm³/mol. The van der Waals surface area contributed by atoms with Crippen molar-refractivity contribution in [2.75, 3.05) is 11.9 Å². The number of nitrogens with zero attached hydrogens (tertiary/aromatic N) is 3. The van der Waals surface area contributed by atoms with Crippen LogP contribution in [0.3, 0.4) is 0 Å². The summed E-state index contributed by atoms with van der Waals surface area (Å²) in [5.41, 5.74) is 1.11. The number of anilines is 1. The molecule has 106 valence electrons. The maximum atomic E-state index is 5.84. The van der Waals surface area contributed by atoms with Crippen LogP contribution in [0.2, 0.25) is 5.28 Å². The van der Waals surface area contributed by atoms with Crippen LogP contribution in [0.25, 0.3) is 0 Å². The molecule has 0 radical (unpaired) electrons. The van der Waals surface area contributed by atoms with Gasteiger partial charge in [0.1, 0.15) is 0 Å². The third-order valence-electron chi connectivity index (χ3n) is 2.39. The topological polar surface area (TPSA) is 59.9 Å². The molecule has 0 aliphatic rings. The second kappa shape index (κ2) is 7.40. The second-order valence-corrected chi connectivity index (χ2v) is 5.29. The maximum absolute atomic E-state index is 5.84. The van der Waals surface area contributed by atoms with Gasteiger partial charge in [0.05, 0.1) is 6.61 Å². The molecule has 0 atom stereocenters. The van der Waals surface area contributed by atoms with Crippen LogP contribution in [0, 0.1) is 0 Å². The van der Waals surface area contributed by atoms with Crippen molar-refractivity contribution in [3.05, 3.63) is 39.6 Å². The van der Waals surface area contributed by atoms with E-state index in [0.29, 0.717) is 19.1 Å². The Morgan fingerprint density at radius 3 is 2.65 bits per heavy atom. The lowest BCUT2D eigenvalue weighted by Crippen LogP contribution is -2.07. The first-order valence-electron chi connectivity index (χ1n) is 6.20. The number of hydrogen-bond donors (Lipinski definition) is 1. The molecular weight excluding hydrogens is 344 g/mol. The monoisotopic (exact) mass is 356 g/mol. The smallest absolute Gasteiger partial charge is 0.322 e. The zero-order chi connectivity index (χ0) is 14.4. The summed E-state index contributed by atoms with van der Waals surface area (Å²) in [6, 6.07) is 8.22. The minimum Gasteiger partial charge on any atom is -0.463 e. The molecule has 0 aliphatic carbocycles. The number of ether oxygens (including phenoxy) is 1. The molecule has 0 amide bonds. The fourth-order valence-electron chi connectivity index (χ4n) is 1.45. The molecule has 2 aromatic rings. The Kier molecular flexibility index (Phi) is 5.55. The van der Waals surface area contributed by atoms with E-state index in [9.17, 15) is 0 Å². The Hall–Kier alpha value is -1.40. The molecule has 20 heavy (non-hydrogen) atoms. The predicted octanol–water partition coefficient (Wildman–Crippen LogP) is 3.69. The molecule has 0 aliphatic heterocycles. The van der Waals surface area contributed by atoms with Gasteiger partial charge < -0.3 is 10.1 Å². The molecular formula is C13H14BrClN4O. The van der Waals surface area contributed by atoms with E-state index < -0.39 is 0 Å². The van der Waals surface area contributed by atoms with E-state index in [1.165, 1.54) is 0 Å². The fourth-order valence-corrected chi connectivity index (χ4v) is 1.87. The summed E-state index contributed by atoms with van der Waals surface area (Å²) in [5, 5.41) is 3.21. The van der Waals surface area contributed by atoms with Crippen LogP contribution in [0.5, 0.6) is 6.01 Å². The highest BCUT2D eigenvalue weighted by molar-refractivity contribution is 9.10. The Balaban J connectivity index is 2.01. The molecule has 7 heteroatoms. The van der Waals surface area contributed by atoms with Crippen molar-refractivity contribution in [2.24, 2.45) is 0 Å². The molecule has 1 N–H and O–H groups in total. The van der Waals surface area contributed by atoms with Crippen LogP contribution in [0.15, 0.2) is 28.7 Å². The lowest BCUT2D eigenvalue weighted by Gasteiger charge is -2.07. The number of rotatable bonds is 6. The van der Waals surface area contributed by atoms with Crippen LogP contribution in [0.4, 0.5) is 5.95 Å². The van der Waals surface area contributed by atoms with Crippen LogP contribution < -0.4 is 10.1 Å². The van der Waals surface area contributed by atoms with Gasteiger partial charge in [-0.3, -0.25) is 0 Å². The van der Waals surface area contributed by atoms with E-state index in [2.05, 4.69) is 36.2 Å². The molecule has 0 saturated heterocycles. The van der Waals surface area contributed by atoms with Crippen LogP contribution in [-0.4, -0.2) is 21.6 Å². The quantitative estimate of drug-likeness (QED) is 0.854. The summed E-state index contributed by atoms with van der Waals surface area (Å²) in [5.74, 6) is 0.402. The second-order valence-electron chi connectivity index (χ2n) is 4.04. The summed E-state index contributed by atoms with van der Waals surface area (Å²) < 4.78 is 6.39. The Morgan fingerprint density at radius 2 is 1.95 bits per heavy atom. The minimum atomic E-state index is 0.115. The summed E-state index contributed by atoms with van der Waals surface area (Å²) >= 11 is 9.24. The van der Waals surface area contributed by atoms with Gasteiger partial charge >= 0.3 is 6.01 Å². The number of halogens is 2. The van der Waals surface area contributed by atoms with Gasteiger partial charge in [-0.25, -0.2) is 0 Å². The minimum absolute atomic E-state index is 0.115. The van der Waals surface area contributed by atoms with Gasteiger partial charge in [0, 0.05) is 11.0 Å². The van der Waals surface area contributed by atoms with Crippen molar-refractivity contribution >= 4 is 33.5 Å². The molecule has 1 heterocycles. The van der Waals surface area contributed by atoms with Crippen molar-refractivity contribution < 1.29 is 4.74 Å². The van der Waals surface area contributed by atoms with Crippen molar-refractivity contribution in [2.45, 2.75) is 19.9 Å². The molecule has 5 nitrogen and oxygen atoms in total. The Morgan fingerprint density at radius 1 is 1.20 bits per heavy atom. The highest BCUT2D eigenvalue weighted by atomic mass is 79.9. The molecule has 1 aromatic heterocycles. The van der Waals surface area contributed by atoms with Crippen LogP contribution in [-0.2, 0) is 6.54 Å². The lowest BCUT2D eigenvalue weighted by atomic mass is 10.2. The zero-order valence-corrected chi connectivity index (χ0v) is 13.3. The highest BCUT2D eigenvalue weighted by Gasteiger charge is 2.05. The number of hydrogen-bond acceptors (Lipinski definition) is 5. The van der Waals surface area contributed by atoms with Gasteiger partial charge in [-0.2, -0.15) is 15.0 Å². The third-order valence-corrected chi connectivity index (χ3v) is 3.08. The summed E-state index contributed by atoms with van der Waals surface area (Å²) in [6.07, 6.45) is 0.880. The first-order valence-corrected chi connectivity index (χ1v) is 7.37. The van der Waals surface area contributed by atoms with E-state index in [1.807, 2.05) is 31.2 Å². The van der Waals surface area contributed by atoms with E-state index >= 15 is 0 Å². The first kappa shape index (κ1) is 15.0. The largest absolute Gasteiger partial charge is 0.463 e. The Labute approximate surface area is 130 Å². The van der Waals surface area contributed by atoms with Gasteiger partial charge in [0.25, 0.3) is 0 Å². The number of aromatic nitrogens is 3. The summed E-state index contributed by atoms with van der Waals surface area (Å²) in [7, 11) is 0. The molecule has 0 bridgehead atoms. The van der Waals surface area contributed by atoms with Gasteiger partial charge in [0.15, 0.2) is 0 Å². The average Bonchev–Trinajstić information content (AvgIpc) is 2.44.